The zero-order valence-electron chi connectivity index (χ0n) is 21.1. The Bertz CT molecular complexity index is 1250. The summed E-state index contributed by atoms with van der Waals surface area (Å²) in [5.74, 6) is -2.25. The van der Waals surface area contributed by atoms with Gasteiger partial charge in [-0.05, 0) is 49.1 Å². The first-order chi connectivity index (χ1) is 18.8. The van der Waals surface area contributed by atoms with Crippen molar-refractivity contribution in [3.05, 3.63) is 106 Å². The Morgan fingerprint density at radius 1 is 0.795 bits per heavy atom. The van der Waals surface area contributed by atoms with Gasteiger partial charge in [0.05, 0.1) is 4.92 Å². The Labute approximate surface area is 225 Å². The Kier molecular flexibility index (Phi) is 10.5. The zero-order chi connectivity index (χ0) is 28.1. The Morgan fingerprint density at radius 2 is 1.36 bits per heavy atom. The number of non-ortho nitro benzene ring substituents is 1. The van der Waals surface area contributed by atoms with Crippen molar-refractivity contribution < 1.29 is 33.5 Å². The third-order valence-corrected chi connectivity index (χ3v) is 5.70. The molecule has 0 unspecified atom stereocenters. The van der Waals surface area contributed by atoms with Gasteiger partial charge in [0.2, 0.25) is 5.54 Å². The van der Waals surface area contributed by atoms with Crippen LogP contribution in [0.2, 0.25) is 0 Å². The van der Waals surface area contributed by atoms with E-state index >= 15 is 0 Å². The van der Waals surface area contributed by atoms with Gasteiger partial charge in [-0.3, -0.25) is 15.4 Å². The van der Waals surface area contributed by atoms with E-state index in [2.05, 4.69) is 5.32 Å². The van der Waals surface area contributed by atoms with E-state index in [9.17, 15) is 24.5 Å². The number of rotatable bonds is 13. The third-order valence-electron chi connectivity index (χ3n) is 5.70. The van der Waals surface area contributed by atoms with Crippen molar-refractivity contribution in [2.45, 2.75) is 38.0 Å². The predicted molar refractivity (Wildman–Crippen MR) is 140 cm³/mol. The summed E-state index contributed by atoms with van der Waals surface area (Å²) in [4.78, 5) is 50.3. The normalized spacial score (nSPS) is 12.0. The Hall–Kier alpha value is -4.77. The van der Waals surface area contributed by atoms with Crippen LogP contribution in [0.25, 0.3) is 0 Å². The van der Waals surface area contributed by atoms with Crippen LogP contribution in [0.5, 0.6) is 5.75 Å². The summed E-state index contributed by atoms with van der Waals surface area (Å²) in [5.41, 5.74) is 4.49. The maximum atomic E-state index is 13.6. The summed E-state index contributed by atoms with van der Waals surface area (Å²) in [7, 11) is 0. The molecule has 3 aromatic rings. The van der Waals surface area contributed by atoms with Gasteiger partial charge < -0.3 is 19.9 Å². The van der Waals surface area contributed by atoms with Gasteiger partial charge in [-0.25, -0.2) is 14.4 Å². The molecule has 1 atom stereocenters. The van der Waals surface area contributed by atoms with Crippen LogP contribution in [-0.2, 0) is 32.3 Å². The topological polar surface area (TPSA) is 160 Å². The standard InChI is InChI=1S/C28H29N3O8/c29-18-8-7-17-28(25(32)37-19-21-9-3-1-4-10-21,30-27(34)38-20-22-11-5-2-6-12-22)26(33)39-24-15-13-23(14-16-24)31(35)36/h1-6,9-16H,7-8,17-20,29H2,(H,30,34)/t28-/m1/s1. The first-order valence-corrected chi connectivity index (χ1v) is 12.2. The molecule has 3 aromatic carbocycles. The molecule has 39 heavy (non-hydrogen) atoms. The summed E-state index contributed by atoms with van der Waals surface area (Å²) in [6.07, 6.45) is -0.516. The highest BCUT2D eigenvalue weighted by atomic mass is 16.6. The smallest absolute Gasteiger partial charge is 0.408 e. The van der Waals surface area contributed by atoms with Gasteiger partial charge in [-0.15, -0.1) is 0 Å². The highest BCUT2D eigenvalue weighted by Gasteiger charge is 2.51. The molecule has 11 heteroatoms. The number of nitrogens with zero attached hydrogens (tertiary/aromatic N) is 1. The second kappa shape index (κ2) is 14.2. The number of nitro groups is 1. The average molecular weight is 536 g/mol. The maximum Gasteiger partial charge on any atom is 0.408 e. The third kappa shape index (κ3) is 8.37. The van der Waals surface area contributed by atoms with Crippen LogP contribution >= 0.6 is 0 Å². The van der Waals surface area contributed by atoms with Gasteiger partial charge in [-0.1, -0.05) is 60.7 Å². The predicted octanol–water partition coefficient (Wildman–Crippen LogP) is 4.04. The molecule has 11 nitrogen and oxygen atoms in total. The van der Waals surface area contributed by atoms with Crippen molar-refractivity contribution >= 4 is 23.7 Å². The number of nitro benzene ring substituents is 1. The second-order valence-corrected chi connectivity index (χ2v) is 8.54. The summed E-state index contributed by atoms with van der Waals surface area (Å²) < 4.78 is 16.2. The van der Waals surface area contributed by atoms with Crippen LogP contribution in [0.3, 0.4) is 0 Å². The molecule has 0 saturated heterocycles. The zero-order valence-corrected chi connectivity index (χ0v) is 21.1. The van der Waals surface area contributed by atoms with E-state index in [0.717, 1.165) is 12.1 Å². The minimum atomic E-state index is -2.28. The molecule has 0 fully saturated rings. The molecule has 3 rings (SSSR count). The van der Waals surface area contributed by atoms with Gasteiger partial charge in [0.15, 0.2) is 0 Å². The van der Waals surface area contributed by atoms with Gasteiger partial charge in [-0.2, -0.15) is 0 Å². The number of esters is 2. The van der Waals surface area contributed by atoms with E-state index in [1.807, 2.05) is 6.07 Å². The van der Waals surface area contributed by atoms with Crippen LogP contribution in [0.4, 0.5) is 10.5 Å². The van der Waals surface area contributed by atoms with Crippen molar-refractivity contribution in [2.75, 3.05) is 6.54 Å². The molecule has 0 spiro atoms. The lowest BCUT2D eigenvalue weighted by atomic mass is 9.92. The van der Waals surface area contributed by atoms with Gasteiger partial charge in [0.1, 0.15) is 19.0 Å². The van der Waals surface area contributed by atoms with E-state index in [1.165, 1.54) is 12.1 Å². The summed E-state index contributed by atoms with van der Waals surface area (Å²) in [6, 6.07) is 22.4. The molecule has 0 aliphatic carbocycles. The fourth-order valence-electron chi connectivity index (χ4n) is 3.60. The van der Waals surface area contributed by atoms with Crippen molar-refractivity contribution in [1.29, 1.82) is 0 Å². The van der Waals surface area contributed by atoms with Crippen LogP contribution in [0.1, 0.15) is 30.4 Å². The lowest BCUT2D eigenvalue weighted by Crippen LogP contribution is -2.62. The highest BCUT2D eigenvalue weighted by Crippen LogP contribution is 2.24. The molecule has 204 valence electrons. The minimum absolute atomic E-state index is 0.0656. The number of carbonyl (C=O) groups is 3. The first kappa shape index (κ1) is 28.8. The van der Waals surface area contributed by atoms with Gasteiger partial charge >= 0.3 is 18.0 Å². The number of unbranched alkanes of at least 4 members (excludes halogenated alkanes) is 1. The number of hydrogen-bond acceptors (Lipinski definition) is 9. The largest absolute Gasteiger partial charge is 0.459 e. The molecule has 0 bridgehead atoms. The van der Waals surface area contributed by atoms with Crippen molar-refractivity contribution in [2.24, 2.45) is 5.73 Å². The van der Waals surface area contributed by atoms with Gasteiger partial charge in [0.25, 0.3) is 5.69 Å². The SMILES string of the molecule is NCCCC[C@@](NC(=O)OCc1ccccc1)(C(=O)OCc1ccccc1)C(=O)Oc1ccc([N+](=O)[O-])cc1. The quantitative estimate of drug-likeness (QED) is 0.0822. The fraction of sp³-hybridized carbons (Fsp3) is 0.250. The second-order valence-electron chi connectivity index (χ2n) is 8.54. The fourth-order valence-corrected chi connectivity index (χ4v) is 3.60. The van der Waals surface area contributed by atoms with Crippen LogP contribution in [0, 0.1) is 10.1 Å². The number of amides is 1. The van der Waals surface area contributed by atoms with E-state index in [0.29, 0.717) is 17.5 Å². The number of benzene rings is 3. The molecular weight excluding hydrogens is 506 g/mol. The summed E-state index contributed by atoms with van der Waals surface area (Å²) in [6.45, 7) is 0.0108. The monoisotopic (exact) mass is 535 g/mol. The summed E-state index contributed by atoms with van der Waals surface area (Å²) >= 11 is 0. The molecule has 0 aliphatic rings. The van der Waals surface area contributed by atoms with Crippen molar-refractivity contribution in [3.63, 3.8) is 0 Å². The first-order valence-electron chi connectivity index (χ1n) is 12.2. The lowest BCUT2D eigenvalue weighted by molar-refractivity contribution is -0.384. The minimum Gasteiger partial charge on any atom is -0.459 e. The van der Waals surface area contributed by atoms with Crippen LogP contribution in [-0.4, -0.2) is 35.0 Å². The Morgan fingerprint density at radius 3 is 1.90 bits per heavy atom. The molecule has 0 aromatic heterocycles. The number of hydrogen-bond donors (Lipinski definition) is 2. The van der Waals surface area contributed by atoms with Gasteiger partial charge in [0, 0.05) is 12.1 Å². The molecule has 0 heterocycles. The van der Waals surface area contributed by atoms with E-state index in [4.69, 9.17) is 19.9 Å². The number of carbonyl (C=O) groups excluding carboxylic acids is 3. The van der Waals surface area contributed by atoms with Crippen LogP contribution < -0.4 is 15.8 Å². The number of alkyl carbamates (subject to hydrolysis) is 1. The molecular formula is C28H29N3O8. The number of nitrogens with one attached hydrogen (secondary N) is 1. The molecule has 0 aliphatic heterocycles. The average Bonchev–Trinajstić information content (AvgIpc) is 2.95. The number of nitrogens with two attached hydrogens (primary N) is 1. The maximum absolute atomic E-state index is 13.6. The van der Waals surface area contributed by atoms with E-state index in [1.54, 1.807) is 54.6 Å². The van der Waals surface area contributed by atoms with E-state index in [-0.39, 0.29) is 44.0 Å². The lowest BCUT2D eigenvalue weighted by Gasteiger charge is -2.30. The van der Waals surface area contributed by atoms with Crippen molar-refractivity contribution in [1.82, 2.24) is 5.32 Å². The number of ether oxygens (including phenoxy) is 3. The summed E-state index contributed by atoms with van der Waals surface area (Å²) in [5, 5.41) is 13.4. The van der Waals surface area contributed by atoms with Crippen LogP contribution in [0.15, 0.2) is 84.9 Å². The molecule has 3 N–H and O–H groups in total. The highest BCUT2D eigenvalue weighted by molar-refractivity contribution is 6.08. The Balaban J connectivity index is 1.87. The molecule has 0 saturated carbocycles. The molecule has 0 radical (unpaired) electrons. The van der Waals surface area contributed by atoms with Crippen molar-refractivity contribution in [3.8, 4) is 5.75 Å². The van der Waals surface area contributed by atoms with E-state index < -0.39 is 28.5 Å². The molecule has 1 amide bonds.